The van der Waals surface area contributed by atoms with Crippen LogP contribution in [0.4, 0.5) is 11.4 Å². The Labute approximate surface area is 147 Å². The highest BCUT2D eigenvalue weighted by molar-refractivity contribution is 6.01. The number of hydrogen-bond acceptors (Lipinski definition) is 5. The van der Waals surface area contributed by atoms with Gasteiger partial charge in [0.2, 0.25) is 0 Å². The van der Waals surface area contributed by atoms with E-state index in [0.717, 1.165) is 38.5 Å². The molecule has 0 radical (unpaired) electrons. The second kappa shape index (κ2) is 7.00. The summed E-state index contributed by atoms with van der Waals surface area (Å²) in [6, 6.07) is 3.00. The molecule has 1 aromatic carbocycles. The molecule has 1 unspecified atom stereocenters. The molecule has 1 aliphatic carbocycles. The summed E-state index contributed by atoms with van der Waals surface area (Å²) < 4.78 is 6.05. The topological polar surface area (TPSA) is 107 Å². The number of nitrogen functional groups attached to an aromatic ring is 1. The van der Waals surface area contributed by atoms with E-state index < -0.39 is 4.92 Å². The highest BCUT2D eigenvalue weighted by atomic mass is 16.6. The van der Waals surface area contributed by atoms with Crippen LogP contribution in [-0.2, 0) is 4.74 Å². The van der Waals surface area contributed by atoms with E-state index in [-0.39, 0.29) is 34.5 Å². The Morgan fingerprint density at radius 3 is 2.76 bits per heavy atom. The van der Waals surface area contributed by atoms with Crippen LogP contribution >= 0.6 is 0 Å². The summed E-state index contributed by atoms with van der Waals surface area (Å²) >= 11 is 0. The van der Waals surface area contributed by atoms with Gasteiger partial charge in [0.05, 0.1) is 16.1 Å². The van der Waals surface area contributed by atoms with E-state index in [1.54, 1.807) is 13.0 Å². The molecule has 0 aromatic heterocycles. The van der Waals surface area contributed by atoms with Gasteiger partial charge in [-0.25, -0.2) is 0 Å². The summed E-state index contributed by atoms with van der Waals surface area (Å²) in [4.78, 5) is 23.2. The van der Waals surface area contributed by atoms with Crippen molar-refractivity contribution in [2.24, 2.45) is 0 Å². The number of benzene rings is 1. The van der Waals surface area contributed by atoms with Crippen LogP contribution in [0.3, 0.4) is 0 Å². The molecule has 1 aromatic rings. The van der Waals surface area contributed by atoms with Gasteiger partial charge < -0.3 is 15.8 Å². The number of aryl methyl sites for hydroxylation is 1. The van der Waals surface area contributed by atoms with E-state index >= 15 is 0 Å². The molecule has 1 heterocycles. The molecule has 2 aliphatic rings. The first-order valence-electron chi connectivity index (χ1n) is 8.89. The van der Waals surface area contributed by atoms with Gasteiger partial charge in [0, 0.05) is 18.7 Å². The Morgan fingerprint density at radius 2 is 2.08 bits per heavy atom. The fourth-order valence-corrected chi connectivity index (χ4v) is 4.08. The third-order valence-electron chi connectivity index (χ3n) is 5.34. The fourth-order valence-electron chi connectivity index (χ4n) is 4.08. The number of nitrogens with zero attached hydrogens (tertiary/aromatic N) is 1. The number of carbonyl (C=O) groups is 1. The van der Waals surface area contributed by atoms with E-state index in [2.05, 4.69) is 5.32 Å². The van der Waals surface area contributed by atoms with Crippen molar-refractivity contribution in [1.82, 2.24) is 5.32 Å². The molecule has 1 aliphatic heterocycles. The summed E-state index contributed by atoms with van der Waals surface area (Å²) in [7, 11) is 0. The summed E-state index contributed by atoms with van der Waals surface area (Å²) in [5, 5.41) is 14.1. The molecule has 7 nitrogen and oxygen atoms in total. The van der Waals surface area contributed by atoms with Crippen LogP contribution in [0.25, 0.3) is 0 Å². The van der Waals surface area contributed by atoms with Gasteiger partial charge in [0.15, 0.2) is 0 Å². The molecule has 1 spiro atoms. The number of nitro benzene ring substituents is 1. The van der Waals surface area contributed by atoms with Crippen molar-refractivity contribution in [3.05, 3.63) is 33.4 Å². The Morgan fingerprint density at radius 1 is 1.36 bits per heavy atom. The normalized spacial score (nSPS) is 22.5. The lowest BCUT2D eigenvalue weighted by Gasteiger charge is -2.43. The minimum atomic E-state index is -0.551. The molecular formula is C18H25N3O4. The molecule has 1 amide bonds. The lowest BCUT2D eigenvalue weighted by atomic mass is 9.78. The number of nitrogens with two attached hydrogens (primary N) is 1. The van der Waals surface area contributed by atoms with Crippen LogP contribution in [-0.4, -0.2) is 29.1 Å². The molecule has 0 bridgehead atoms. The summed E-state index contributed by atoms with van der Waals surface area (Å²) in [6.45, 7) is 2.35. The van der Waals surface area contributed by atoms with E-state index in [9.17, 15) is 14.9 Å². The number of nitrogens with one attached hydrogen (secondary N) is 1. The molecule has 1 saturated carbocycles. The molecule has 1 atom stereocenters. The van der Waals surface area contributed by atoms with Crippen molar-refractivity contribution in [1.29, 1.82) is 0 Å². The van der Waals surface area contributed by atoms with E-state index in [4.69, 9.17) is 10.5 Å². The Bertz CT molecular complexity index is 678. The van der Waals surface area contributed by atoms with Crippen molar-refractivity contribution >= 4 is 17.3 Å². The lowest BCUT2D eigenvalue weighted by molar-refractivity contribution is -0.384. The molecule has 25 heavy (non-hydrogen) atoms. The highest BCUT2D eigenvalue weighted by Gasteiger charge is 2.39. The number of ether oxygens (including phenoxy) is 1. The first kappa shape index (κ1) is 17.7. The lowest BCUT2D eigenvalue weighted by Crippen LogP contribution is -2.49. The molecule has 136 valence electrons. The number of carbonyl (C=O) groups excluding carboxylic acids is 1. The molecule has 2 fully saturated rings. The summed E-state index contributed by atoms with van der Waals surface area (Å²) in [5.74, 6) is -0.345. The standard InChI is InChI=1S/C18H25N3O4/c1-12-9-14(16(19)15(10-12)21(23)24)17(22)20-13-5-8-25-18(11-13)6-3-2-4-7-18/h9-10,13H,2-8,11,19H2,1H3,(H,20,22). The van der Waals surface area contributed by atoms with Crippen molar-refractivity contribution in [2.75, 3.05) is 12.3 Å². The SMILES string of the molecule is Cc1cc(C(=O)NC2CCOC3(CCCCC3)C2)c(N)c([N+](=O)[O-])c1. The first-order valence-corrected chi connectivity index (χ1v) is 8.89. The van der Waals surface area contributed by atoms with Crippen LogP contribution in [0.1, 0.15) is 60.9 Å². The first-order chi connectivity index (χ1) is 11.9. The average molecular weight is 347 g/mol. The predicted molar refractivity (Wildman–Crippen MR) is 94.5 cm³/mol. The molecular weight excluding hydrogens is 322 g/mol. The van der Waals surface area contributed by atoms with Gasteiger partial charge in [-0.1, -0.05) is 19.3 Å². The van der Waals surface area contributed by atoms with Gasteiger partial charge in [-0.15, -0.1) is 0 Å². The second-order valence-electron chi connectivity index (χ2n) is 7.26. The smallest absolute Gasteiger partial charge is 0.293 e. The summed E-state index contributed by atoms with van der Waals surface area (Å²) in [5.41, 5.74) is 6.28. The van der Waals surface area contributed by atoms with Crippen molar-refractivity contribution < 1.29 is 14.5 Å². The van der Waals surface area contributed by atoms with E-state index in [1.165, 1.54) is 12.5 Å². The van der Waals surface area contributed by atoms with Gasteiger partial charge >= 0.3 is 0 Å². The maximum Gasteiger partial charge on any atom is 0.293 e. The zero-order chi connectivity index (χ0) is 18.0. The Hall–Kier alpha value is -2.15. The van der Waals surface area contributed by atoms with Crippen LogP contribution in [0.2, 0.25) is 0 Å². The molecule has 3 rings (SSSR count). The third kappa shape index (κ3) is 3.76. The third-order valence-corrected chi connectivity index (χ3v) is 5.34. The molecule has 7 heteroatoms. The number of rotatable bonds is 3. The number of amides is 1. The maximum atomic E-state index is 12.7. The quantitative estimate of drug-likeness (QED) is 0.496. The van der Waals surface area contributed by atoms with Gasteiger partial charge in [0.1, 0.15) is 5.69 Å². The monoisotopic (exact) mass is 347 g/mol. The van der Waals surface area contributed by atoms with Crippen molar-refractivity contribution in [2.45, 2.75) is 63.5 Å². The van der Waals surface area contributed by atoms with Gasteiger partial charge in [-0.05, 0) is 44.2 Å². The fraction of sp³-hybridized carbons (Fsp3) is 0.611. The highest BCUT2D eigenvalue weighted by Crippen LogP contribution is 2.38. The maximum absolute atomic E-state index is 12.7. The van der Waals surface area contributed by atoms with Crippen molar-refractivity contribution in [3.63, 3.8) is 0 Å². The van der Waals surface area contributed by atoms with Gasteiger partial charge in [-0.2, -0.15) is 0 Å². The van der Waals surface area contributed by atoms with Gasteiger partial charge in [0.25, 0.3) is 11.6 Å². The Balaban J connectivity index is 1.75. The average Bonchev–Trinajstić information content (AvgIpc) is 2.57. The van der Waals surface area contributed by atoms with Crippen LogP contribution in [0.5, 0.6) is 0 Å². The minimum absolute atomic E-state index is 0.0123. The van der Waals surface area contributed by atoms with Gasteiger partial charge in [-0.3, -0.25) is 14.9 Å². The Kier molecular flexibility index (Phi) is 4.94. The zero-order valence-electron chi connectivity index (χ0n) is 14.5. The summed E-state index contributed by atoms with van der Waals surface area (Å²) in [6.07, 6.45) is 7.20. The van der Waals surface area contributed by atoms with E-state index in [1.807, 2.05) is 0 Å². The number of anilines is 1. The van der Waals surface area contributed by atoms with Crippen LogP contribution < -0.4 is 11.1 Å². The molecule has 3 N–H and O–H groups in total. The van der Waals surface area contributed by atoms with E-state index in [0.29, 0.717) is 12.2 Å². The zero-order valence-corrected chi connectivity index (χ0v) is 14.5. The van der Waals surface area contributed by atoms with Crippen LogP contribution in [0, 0.1) is 17.0 Å². The minimum Gasteiger partial charge on any atom is -0.393 e. The largest absolute Gasteiger partial charge is 0.393 e. The predicted octanol–water partition coefficient (Wildman–Crippen LogP) is 3.10. The second-order valence-corrected chi connectivity index (χ2v) is 7.26. The number of hydrogen-bond donors (Lipinski definition) is 2. The molecule has 1 saturated heterocycles. The van der Waals surface area contributed by atoms with Crippen LogP contribution in [0.15, 0.2) is 12.1 Å². The van der Waals surface area contributed by atoms with Crippen molar-refractivity contribution in [3.8, 4) is 0 Å². The number of nitro groups is 1.